The van der Waals surface area contributed by atoms with Crippen molar-refractivity contribution in [3.05, 3.63) is 71.8 Å². The molecule has 1 heterocycles. The van der Waals surface area contributed by atoms with Crippen LogP contribution in [0.2, 0.25) is 0 Å². The molecule has 27 heavy (non-hydrogen) atoms. The third-order valence-electron chi connectivity index (χ3n) is 4.27. The first-order valence-corrected chi connectivity index (χ1v) is 8.53. The molecule has 0 saturated carbocycles. The van der Waals surface area contributed by atoms with Crippen LogP contribution in [0.3, 0.4) is 0 Å². The summed E-state index contributed by atoms with van der Waals surface area (Å²) in [5, 5.41) is 19.1. The first-order chi connectivity index (χ1) is 13.1. The molecule has 142 valence electrons. The van der Waals surface area contributed by atoms with Crippen molar-refractivity contribution in [1.29, 1.82) is 0 Å². The Bertz CT molecular complexity index is 697. The summed E-state index contributed by atoms with van der Waals surface area (Å²) in [6.07, 6.45) is -3.92. The minimum Gasteiger partial charge on any atom is -0.452 e. The highest BCUT2D eigenvalue weighted by Crippen LogP contribution is 2.28. The third-order valence-corrected chi connectivity index (χ3v) is 4.27. The van der Waals surface area contributed by atoms with Gasteiger partial charge in [0.15, 0.2) is 12.2 Å². The number of rotatable bonds is 6. The van der Waals surface area contributed by atoms with Gasteiger partial charge in [0.1, 0.15) is 12.2 Å². The molecule has 0 radical (unpaired) electrons. The summed E-state index contributed by atoms with van der Waals surface area (Å²) in [5.41, 5.74) is 0.629. The monoisotopic (exact) mass is 372 g/mol. The maximum atomic E-state index is 12.4. The number of hydrogen-bond acceptors (Lipinski definition) is 7. The molecule has 0 amide bonds. The maximum absolute atomic E-state index is 12.4. The normalized spacial score (nSPS) is 24.4. The van der Waals surface area contributed by atoms with Gasteiger partial charge in [-0.1, -0.05) is 36.4 Å². The number of aliphatic hydroxyl groups is 2. The Labute approximate surface area is 156 Å². The van der Waals surface area contributed by atoms with Crippen LogP contribution in [0.1, 0.15) is 20.7 Å². The van der Waals surface area contributed by atoms with Gasteiger partial charge in [0.05, 0.1) is 24.3 Å². The Morgan fingerprint density at radius 3 is 1.44 bits per heavy atom. The fraction of sp³-hybridized carbons (Fsp3) is 0.300. The number of benzene rings is 2. The van der Waals surface area contributed by atoms with Gasteiger partial charge in [-0.3, -0.25) is 0 Å². The van der Waals surface area contributed by atoms with Crippen LogP contribution in [0.15, 0.2) is 60.7 Å². The van der Waals surface area contributed by atoms with Crippen LogP contribution in [0.4, 0.5) is 0 Å². The van der Waals surface area contributed by atoms with Gasteiger partial charge in [0, 0.05) is 0 Å². The Morgan fingerprint density at radius 1 is 0.741 bits per heavy atom. The van der Waals surface area contributed by atoms with E-state index in [1.165, 1.54) is 0 Å². The van der Waals surface area contributed by atoms with Crippen LogP contribution in [-0.2, 0) is 14.2 Å². The largest absolute Gasteiger partial charge is 0.452 e. The second kappa shape index (κ2) is 8.77. The van der Waals surface area contributed by atoms with Gasteiger partial charge in [-0.15, -0.1) is 0 Å². The number of carbonyl (C=O) groups excluding carboxylic acids is 2. The predicted octanol–water partition coefficient (Wildman–Crippen LogP) is 1.19. The molecular formula is C20H20O7. The molecule has 1 aliphatic rings. The maximum Gasteiger partial charge on any atom is 0.338 e. The van der Waals surface area contributed by atoms with Crippen molar-refractivity contribution in [2.24, 2.45) is 0 Å². The number of carbonyl (C=O) groups is 2. The molecule has 1 saturated heterocycles. The molecule has 4 atom stereocenters. The second-order valence-corrected chi connectivity index (χ2v) is 6.05. The van der Waals surface area contributed by atoms with Gasteiger partial charge < -0.3 is 24.4 Å². The molecule has 2 aromatic rings. The zero-order valence-corrected chi connectivity index (χ0v) is 14.4. The van der Waals surface area contributed by atoms with Crippen molar-refractivity contribution >= 4 is 11.9 Å². The van der Waals surface area contributed by atoms with E-state index in [1.54, 1.807) is 60.7 Å². The third kappa shape index (κ3) is 4.33. The van der Waals surface area contributed by atoms with E-state index >= 15 is 0 Å². The Kier molecular flexibility index (Phi) is 6.18. The molecule has 2 aromatic carbocycles. The van der Waals surface area contributed by atoms with Crippen LogP contribution in [0.25, 0.3) is 0 Å². The molecule has 0 aliphatic carbocycles. The number of esters is 2. The van der Waals surface area contributed by atoms with E-state index in [0.29, 0.717) is 11.1 Å². The smallest absolute Gasteiger partial charge is 0.338 e. The van der Waals surface area contributed by atoms with E-state index in [0.717, 1.165) is 0 Å². The van der Waals surface area contributed by atoms with Crippen molar-refractivity contribution in [3.63, 3.8) is 0 Å². The zero-order valence-electron chi connectivity index (χ0n) is 14.4. The van der Waals surface area contributed by atoms with Crippen LogP contribution in [-0.4, -0.2) is 59.8 Å². The van der Waals surface area contributed by atoms with Gasteiger partial charge in [0.25, 0.3) is 0 Å². The average Bonchev–Trinajstić information content (AvgIpc) is 3.05. The van der Waals surface area contributed by atoms with Crippen LogP contribution in [0, 0.1) is 0 Å². The van der Waals surface area contributed by atoms with Crippen molar-refractivity contribution < 1.29 is 34.0 Å². The molecule has 2 N–H and O–H groups in total. The molecule has 0 bridgehead atoms. The van der Waals surface area contributed by atoms with E-state index in [1.807, 2.05) is 0 Å². The molecule has 1 fully saturated rings. The summed E-state index contributed by atoms with van der Waals surface area (Å²) in [6.45, 7) is -0.911. The first-order valence-electron chi connectivity index (χ1n) is 8.53. The minimum absolute atomic E-state index is 0.315. The molecule has 3 rings (SSSR count). The highest BCUT2D eigenvalue weighted by atomic mass is 16.6. The Balaban J connectivity index is 1.79. The summed E-state index contributed by atoms with van der Waals surface area (Å²) in [6, 6.07) is 16.6. The van der Waals surface area contributed by atoms with Crippen molar-refractivity contribution in [1.82, 2.24) is 0 Å². The molecule has 0 aromatic heterocycles. The summed E-state index contributed by atoms with van der Waals surface area (Å²) in [4.78, 5) is 24.8. The van der Waals surface area contributed by atoms with Crippen LogP contribution >= 0.6 is 0 Å². The number of ether oxygens (including phenoxy) is 3. The highest BCUT2D eigenvalue weighted by molar-refractivity contribution is 5.90. The predicted molar refractivity (Wildman–Crippen MR) is 94.1 cm³/mol. The van der Waals surface area contributed by atoms with Crippen LogP contribution in [0.5, 0.6) is 0 Å². The van der Waals surface area contributed by atoms with Gasteiger partial charge in [-0.2, -0.15) is 0 Å². The van der Waals surface area contributed by atoms with Crippen molar-refractivity contribution in [3.8, 4) is 0 Å². The number of aliphatic hydroxyl groups excluding tert-OH is 2. The van der Waals surface area contributed by atoms with E-state index in [9.17, 15) is 19.8 Å². The summed E-state index contributed by atoms with van der Waals surface area (Å²) < 4.78 is 16.4. The second-order valence-electron chi connectivity index (χ2n) is 6.05. The van der Waals surface area contributed by atoms with Crippen LogP contribution < -0.4 is 0 Å². The molecular weight excluding hydrogens is 352 g/mol. The van der Waals surface area contributed by atoms with Crippen molar-refractivity contribution in [2.45, 2.75) is 24.4 Å². The van der Waals surface area contributed by atoms with E-state index in [-0.39, 0.29) is 0 Å². The lowest BCUT2D eigenvalue weighted by Crippen LogP contribution is -2.42. The quantitative estimate of drug-likeness (QED) is 0.734. The lowest BCUT2D eigenvalue weighted by Gasteiger charge is -2.23. The van der Waals surface area contributed by atoms with Gasteiger partial charge in [0.2, 0.25) is 0 Å². The summed E-state index contributed by atoms with van der Waals surface area (Å²) in [5.74, 6) is -1.27. The fourth-order valence-corrected chi connectivity index (χ4v) is 2.91. The highest BCUT2D eigenvalue weighted by Gasteiger charge is 2.49. The van der Waals surface area contributed by atoms with Crippen molar-refractivity contribution in [2.75, 3.05) is 13.2 Å². The minimum atomic E-state index is -1.05. The van der Waals surface area contributed by atoms with Gasteiger partial charge in [-0.25, -0.2) is 9.59 Å². The Hall–Kier alpha value is -2.74. The molecule has 0 spiro atoms. The topological polar surface area (TPSA) is 102 Å². The molecule has 1 aliphatic heterocycles. The van der Waals surface area contributed by atoms with Gasteiger partial charge >= 0.3 is 11.9 Å². The molecule has 7 nitrogen and oxygen atoms in total. The standard InChI is InChI=1S/C20H20O7/c21-11-15-17(26-19(23)13-7-3-1-4-8-13)18(16(12-22)25-15)27-20(24)14-9-5-2-6-10-14/h1-10,15-18,21-22H,11-12H2/t15-,16-,17-,18-/m1/s1. The summed E-state index contributed by atoms with van der Waals surface area (Å²) in [7, 11) is 0. The zero-order chi connectivity index (χ0) is 19.2. The number of hydrogen-bond donors (Lipinski definition) is 2. The molecule has 7 heteroatoms. The average molecular weight is 372 g/mol. The first kappa shape index (κ1) is 19.0. The van der Waals surface area contributed by atoms with E-state index < -0.39 is 49.6 Å². The van der Waals surface area contributed by atoms with Gasteiger partial charge in [-0.05, 0) is 24.3 Å². The lowest BCUT2D eigenvalue weighted by molar-refractivity contribution is -0.0446. The Morgan fingerprint density at radius 2 is 1.11 bits per heavy atom. The van der Waals surface area contributed by atoms with E-state index in [4.69, 9.17) is 14.2 Å². The summed E-state index contributed by atoms with van der Waals surface area (Å²) >= 11 is 0. The lowest BCUT2D eigenvalue weighted by atomic mass is 10.1. The SMILES string of the molecule is O=C(O[C@H]1[C@H](OC(=O)c2ccccc2)[C@@H](CO)O[C@@H]1CO)c1ccccc1. The van der Waals surface area contributed by atoms with E-state index in [2.05, 4.69) is 0 Å². The fourth-order valence-electron chi connectivity index (χ4n) is 2.91. The molecule has 0 unspecified atom stereocenters.